The molecule has 17 heavy (non-hydrogen) atoms. The quantitative estimate of drug-likeness (QED) is 0.878. The molecule has 0 unspecified atom stereocenters. The van der Waals surface area contributed by atoms with E-state index in [0.717, 1.165) is 18.4 Å². The molecule has 0 radical (unpaired) electrons. The molecule has 1 saturated carbocycles. The molecule has 1 fully saturated rings. The predicted octanol–water partition coefficient (Wildman–Crippen LogP) is 2.92. The summed E-state index contributed by atoms with van der Waals surface area (Å²) in [6.07, 6.45) is 1.98. The number of nitrogens with zero attached hydrogens (tertiary/aromatic N) is 1. The molecular formula is C13H11NO3. The van der Waals surface area contributed by atoms with Gasteiger partial charge in [-0.05, 0) is 25.0 Å². The molecule has 0 amide bonds. The van der Waals surface area contributed by atoms with Crippen molar-refractivity contribution in [3.8, 4) is 11.5 Å². The number of rotatable bonds is 3. The van der Waals surface area contributed by atoms with Crippen LogP contribution in [0.5, 0.6) is 0 Å². The van der Waals surface area contributed by atoms with Gasteiger partial charge in [0, 0.05) is 11.5 Å². The molecule has 1 heterocycles. The minimum absolute atomic E-state index is 0.0614. The molecule has 0 atom stereocenters. The summed E-state index contributed by atoms with van der Waals surface area (Å²) in [6.45, 7) is 0. The van der Waals surface area contributed by atoms with Crippen molar-refractivity contribution in [2.24, 2.45) is 0 Å². The van der Waals surface area contributed by atoms with Gasteiger partial charge in [0.25, 0.3) is 0 Å². The van der Waals surface area contributed by atoms with Crippen LogP contribution in [-0.2, 0) is 0 Å². The van der Waals surface area contributed by atoms with Gasteiger partial charge in [0.2, 0.25) is 5.89 Å². The lowest BCUT2D eigenvalue weighted by atomic mass is 10.2. The summed E-state index contributed by atoms with van der Waals surface area (Å²) < 4.78 is 5.59. The highest BCUT2D eigenvalue weighted by Gasteiger charge is 2.33. The molecule has 1 N–H and O–H groups in total. The Morgan fingerprint density at radius 3 is 2.59 bits per heavy atom. The molecule has 0 saturated heterocycles. The van der Waals surface area contributed by atoms with Crippen LogP contribution in [0.15, 0.2) is 34.7 Å². The standard InChI is InChI=1S/C13H11NO3/c15-13(16)10-11(8-6-7-8)17-12(14-10)9-4-2-1-3-5-9/h1-5,8H,6-7H2,(H,15,16). The zero-order valence-electron chi connectivity index (χ0n) is 9.09. The summed E-state index contributed by atoms with van der Waals surface area (Å²) in [5.74, 6) is 0.144. The van der Waals surface area contributed by atoms with Gasteiger partial charge in [-0.15, -0.1) is 0 Å². The molecule has 0 bridgehead atoms. The molecule has 0 spiro atoms. The van der Waals surface area contributed by atoms with Crippen molar-refractivity contribution in [3.05, 3.63) is 41.8 Å². The second-order valence-electron chi connectivity index (χ2n) is 4.18. The van der Waals surface area contributed by atoms with E-state index in [4.69, 9.17) is 9.52 Å². The summed E-state index contributed by atoms with van der Waals surface area (Å²) in [4.78, 5) is 15.2. The van der Waals surface area contributed by atoms with Crippen molar-refractivity contribution in [2.45, 2.75) is 18.8 Å². The summed E-state index contributed by atoms with van der Waals surface area (Å²) in [5, 5.41) is 9.08. The molecule has 4 heteroatoms. The average Bonchev–Trinajstić information content (AvgIpc) is 3.09. The van der Waals surface area contributed by atoms with Crippen molar-refractivity contribution >= 4 is 5.97 Å². The van der Waals surface area contributed by atoms with E-state index >= 15 is 0 Å². The van der Waals surface area contributed by atoms with Crippen LogP contribution in [0.25, 0.3) is 11.5 Å². The van der Waals surface area contributed by atoms with Gasteiger partial charge in [-0.25, -0.2) is 9.78 Å². The fraction of sp³-hybridized carbons (Fsp3) is 0.231. The van der Waals surface area contributed by atoms with Gasteiger partial charge < -0.3 is 9.52 Å². The highest BCUT2D eigenvalue weighted by Crippen LogP contribution is 2.43. The maximum atomic E-state index is 11.1. The van der Waals surface area contributed by atoms with Gasteiger partial charge in [-0.1, -0.05) is 18.2 Å². The number of hydrogen-bond acceptors (Lipinski definition) is 3. The molecule has 1 aromatic heterocycles. The van der Waals surface area contributed by atoms with Crippen molar-refractivity contribution in [1.29, 1.82) is 0 Å². The highest BCUT2D eigenvalue weighted by atomic mass is 16.4. The van der Waals surface area contributed by atoms with Crippen LogP contribution in [-0.4, -0.2) is 16.1 Å². The van der Waals surface area contributed by atoms with Crippen molar-refractivity contribution in [2.75, 3.05) is 0 Å². The first-order valence-electron chi connectivity index (χ1n) is 5.55. The summed E-state index contributed by atoms with van der Waals surface area (Å²) in [7, 11) is 0. The van der Waals surface area contributed by atoms with Crippen molar-refractivity contribution in [1.82, 2.24) is 4.98 Å². The van der Waals surface area contributed by atoms with E-state index in [0.29, 0.717) is 11.7 Å². The topological polar surface area (TPSA) is 63.3 Å². The number of oxazole rings is 1. The Kier molecular flexibility index (Phi) is 2.21. The third kappa shape index (κ3) is 1.82. The van der Waals surface area contributed by atoms with Crippen LogP contribution in [0.4, 0.5) is 0 Å². The Labute approximate surface area is 97.9 Å². The SMILES string of the molecule is O=C(O)c1nc(-c2ccccc2)oc1C1CC1. The minimum Gasteiger partial charge on any atom is -0.476 e. The van der Waals surface area contributed by atoms with Crippen molar-refractivity contribution in [3.63, 3.8) is 0 Å². The number of hydrogen-bond donors (Lipinski definition) is 1. The lowest BCUT2D eigenvalue weighted by molar-refractivity contribution is 0.0688. The van der Waals surface area contributed by atoms with Crippen LogP contribution in [0, 0.1) is 0 Å². The zero-order valence-corrected chi connectivity index (χ0v) is 9.09. The maximum Gasteiger partial charge on any atom is 0.358 e. The zero-order chi connectivity index (χ0) is 11.8. The molecule has 2 aromatic rings. The number of benzene rings is 1. The van der Waals surface area contributed by atoms with E-state index in [9.17, 15) is 4.79 Å². The third-order valence-corrected chi connectivity index (χ3v) is 2.82. The Morgan fingerprint density at radius 1 is 1.29 bits per heavy atom. The monoisotopic (exact) mass is 229 g/mol. The van der Waals surface area contributed by atoms with Crippen LogP contribution in [0.3, 0.4) is 0 Å². The smallest absolute Gasteiger partial charge is 0.358 e. The minimum atomic E-state index is -1.02. The van der Waals surface area contributed by atoms with E-state index in [1.54, 1.807) is 0 Å². The van der Waals surface area contributed by atoms with Gasteiger partial charge in [-0.3, -0.25) is 0 Å². The van der Waals surface area contributed by atoms with E-state index in [-0.39, 0.29) is 11.6 Å². The first kappa shape index (κ1) is 10.1. The molecule has 1 aromatic carbocycles. The lowest BCUT2D eigenvalue weighted by Crippen LogP contribution is -2.00. The molecule has 3 rings (SSSR count). The second kappa shape index (κ2) is 3.73. The van der Waals surface area contributed by atoms with Crippen molar-refractivity contribution < 1.29 is 14.3 Å². The number of carboxylic acid groups (broad SMARTS) is 1. The molecule has 0 aliphatic heterocycles. The molecular weight excluding hydrogens is 218 g/mol. The largest absolute Gasteiger partial charge is 0.476 e. The van der Waals surface area contributed by atoms with Crippen LogP contribution >= 0.6 is 0 Å². The van der Waals surface area contributed by atoms with Gasteiger partial charge in [0.1, 0.15) is 5.76 Å². The Bertz CT molecular complexity index is 555. The number of carboxylic acids is 1. The van der Waals surface area contributed by atoms with Gasteiger partial charge in [0.15, 0.2) is 5.69 Å². The first-order chi connectivity index (χ1) is 8.25. The number of carbonyl (C=O) groups is 1. The first-order valence-corrected chi connectivity index (χ1v) is 5.55. The van der Waals surface area contributed by atoms with E-state index < -0.39 is 5.97 Å². The summed E-state index contributed by atoms with van der Waals surface area (Å²) in [6, 6.07) is 9.35. The second-order valence-corrected chi connectivity index (χ2v) is 4.18. The fourth-order valence-corrected chi connectivity index (χ4v) is 1.81. The van der Waals surface area contributed by atoms with Crippen LogP contribution in [0.1, 0.15) is 35.0 Å². The number of aromatic carboxylic acids is 1. The third-order valence-electron chi connectivity index (χ3n) is 2.82. The van der Waals surface area contributed by atoms with Crippen LogP contribution in [0.2, 0.25) is 0 Å². The average molecular weight is 229 g/mol. The fourth-order valence-electron chi connectivity index (χ4n) is 1.81. The lowest BCUT2D eigenvalue weighted by Gasteiger charge is -1.93. The maximum absolute atomic E-state index is 11.1. The normalized spacial score (nSPS) is 14.8. The van der Waals surface area contributed by atoms with Gasteiger partial charge >= 0.3 is 5.97 Å². The van der Waals surface area contributed by atoms with E-state index in [2.05, 4.69) is 4.98 Å². The van der Waals surface area contributed by atoms with E-state index in [1.165, 1.54) is 0 Å². The Hall–Kier alpha value is -2.10. The van der Waals surface area contributed by atoms with E-state index in [1.807, 2.05) is 30.3 Å². The molecule has 86 valence electrons. The van der Waals surface area contributed by atoms with Gasteiger partial charge in [0.05, 0.1) is 0 Å². The number of aromatic nitrogens is 1. The highest BCUT2D eigenvalue weighted by molar-refractivity contribution is 5.87. The Balaban J connectivity index is 2.07. The molecule has 1 aliphatic carbocycles. The molecule has 4 nitrogen and oxygen atoms in total. The summed E-state index contributed by atoms with van der Waals surface area (Å²) >= 11 is 0. The Morgan fingerprint density at radius 2 is 2.00 bits per heavy atom. The van der Waals surface area contributed by atoms with Crippen LogP contribution < -0.4 is 0 Å². The summed E-state index contributed by atoms with van der Waals surface area (Å²) in [5.41, 5.74) is 0.869. The predicted molar refractivity (Wildman–Crippen MR) is 60.9 cm³/mol. The molecule has 1 aliphatic rings. The van der Waals surface area contributed by atoms with Gasteiger partial charge in [-0.2, -0.15) is 0 Å².